The third-order valence-corrected chi connectivity index (χ3v) is 7.42. The Hall–Kier alpha value is -0.990. The van der Waals surface area contributed by atoms with Crippen molar-refractivity contribution in [3.63, 3.8) is 0 Å². The molecule has 0 saturated carbocycles. The number of hydrogen-bond donors (Lipinski definition) is 2. The molecule has 4 rings (SSSR count). The van der Waals surface area contributed by atoms with Crippen LogP contribution in [-0.4, -0.2) is 51.1 Å². The minimum atomic E-state index is -0.984. The smallest absolute Gasteiger partial charge is 0.214 e. The van der Waals surface area contributed by atoms with Crippen molar-refractivity contribution in [1.29, 1.82) is 0 Å². The summed E-state index contributed by atoms with van der Waals surface area (Å²) in [6.07, 6.45) is -1.95. The summed E-state index contributed by atoms with van der Waals surface area (Å²) in [7, 11) is 0. The molecule has 1 aliphatic carbocycles. The van der Waals surface area contributed by atoms with Crippen molar-refractivity contribution in [3.05, 3.63) is 41.0 Å². The summed E-state index contributed by atoms with van der Waals surface area (Å²) in [6.45, 7) is 1.71. The van der Waals surface area contributed by atoms with E-state index in [-0.39, 0.29) is 11.0 Å². The first-order chi connectivity index (χ1) is 12.0. The number of carbonyl (C=O) groups excluding carboxylic acids is 1. The van der Waals surface area contributed by atoms with Gasteiger partial charge in [0.05, 0.1) is 16.3 Å². The quantitative estimate of drug-likeness (QED) is 0.815. The highest BCUT2D eigenvalue weighted by molar-refractivity contribution is 8.05. The van der Waals surface area contributed by atoms with Crippen molar-refractivity contribution in [2.45, 2.75) is 59.8 Å². The number of rotatable bonds is 2. The molecule has 7 heteroatoms. The summed E-state index contributed by atoms with van der Waals surface area (Å²) in [4.78, 5) is 14.1. The van der Waals surface area contributed by atoms with Crippen LogP contribution in [-0.2, 0) is 14.3 Å². The van der Waals surface area contributed by atoms with Gasteiger partial charge in [-0.3, -0.25) is 4.79 Å². The number of ketones is 1. The number of aliphatic hydroxyl groups excluding tert-OH is 2. The average molecular weight is 380 g/mol. The van der Waals surface area contributed by atoms with Crippen LogP contribution in [0.5, 0.6) is 0 Å². The van der Waals surface area contributed by atoms with Gasteiger partial charge in [-0.1, -0.05) is 18.2 Å². The van der Waals surface area contributed by atoms with Gasteiger partial charge in [0.15, 0.2) is 5.78 Å². The molecule has 2 aliphatic heterocycles. The summed E-state index contributed by atoms with van der Waals surface area (Å²) in [5.41, 5.74) is 0. The normalized spacial score (nSPS) is 38.0. The number of thioether (sulfide) groups is 2. The van der Waals surface area contributed by atoms with Crippen LogP contribution in [0.15, 0.2) is 45.9 Å². The second-order valence-electron chi connectivity index (χ2n) is 6.47. The summed E-state index contributed by atoms with van der Waals surface area (Å²) in [5.74, 6) is 0.704. The lowest BCUT2D eigenvalue weighted by Crippen LogP contribution is -2.57. The third-order valence-electron chi connectivity index (χ3n) is 4.71. The Balaban J connectivity index is 1.62. The van der Waals surface area contributed by atoms with Crippen LogP contribution in [0.4, 0.5) is 0 Å². The van der Waals surface area contributed by atoms with Crippen LogP contribution in [0.25, 0.3) is 0 Å². The van der Waals surface area contributed by atoms with Crippen LogP contribution < -0.4 is 0 Å². The van der Waals surface area contributed by atoms with E-state index in [4.69, 9.17) is 9.47 Å². The molecule has 3 aliphatic rings. The summed E-state index contributed by atoms with van der Waals surface area (Å²) >= 11 is 2.97. The van der Waals surface area contributed by atoms with Crippen LogP contribution in [0, 0.1) is 0 Å². The van der Waals surface area contributed by atoms with Gasteiger partial charge in [0.25, 0.3) is 0 Å². The zero-order valence-corrected chi connectivity index (χ0v) is 15.3. The highest BCUT2D eigenvalue weighted by Gasteiger charge is 2.50. The van der Waals surface area contributed by atoms with Crippen molar-refractivity contribution in [2.75, 3.05) is 0 Å². The predicted octanol–water partition coefficient (Wildman–Crippen LogP) is 2.32. The molecule has 0 amide bonds. The van der Waals surface area contributed by atoms with Crippen LogP contribution >= 0.6 is 23.5 Å². The van der Waals surface area contributed by atoms with E-state index in [1.54, 1.807) is 18.7 Å². The van der Waals surface area contributed by atoms with Crippen molar-refractivity contribution >= 4 is 29.3 Å². The standard InChI is InChI=1S/C18H20O5S2/c1-9-13(20)14(21)17-18(22-9)23-15-12(8-7-11(19)16(15)25-17)24-10-5-3-2-4-6-10/h2-6,9,12-14,17-18,20-21H,7-8H2,1H3. The minimum Gasteiger partial charge on any atom is -0.465 e. The zero-order valence-electron chi connectivity index (χ0n) is 13.7. The Bertz CT molecular complexity index is 692. The van der Waals surface area contributed by atoms with E-state index in [0.29, 0.717) is 17.1 Å². The lowest BCUT2D eigenvalue weighted by molar-refractivity contribution is -0.230. The third kappa shape index (κ3) is 3.24. The zero-order chi connectivity index (χ0) is 17.6. The van der Waals surface area contributed by atoms with Gasteiger partial charge in [-0.05, 0) is 25.5 Å². The van der Waals surface area contributed by atoms with Gasteiger partial charge in [0.2, 0.25) is 6.29 Å². The predicted molar refractivity (Wildman–Crippen MR) is 96.2 cm³/mol. The first-order valence-electron chi connectivity index (χ1n) is 8.38. The summed E-state index contributed by atoms with van der Waals surface area (Å²) in [6, 6.07) is 10.0. The minimum absolute atomic E-state index is 0.0451. The number of aliphatic hydroxyl groups is 2. The topological polar surface area (TPSA) is 76.0 Å². The van der Waals surface area contributed by atoms with E-state index in [9.17, 15) is 15.0 Å². The number of allylic oxidation sites excluding steroid dienone is 1. The maximum Gasteiger partial charge on any atom is 0.214 e. The number of carbonyl (C=O) groups is 1. The molecule has 0 bridgehead atoms. The van der Waals surface area contributed by atoms with Crippen molar-refractivity contribution in [1.82, 2.24) is 0 Å². The van der Waals surface area contributed by atoms with Crippen molar-refractivity contribution in [3.8, 4) is 0 Å². The fourth-order valence-electron chi connectivity index (χ4n) is 3.30. The lowest BCUT2D eigenvalue weighted by atomic mass is 10.0. The molecule has 0 radical (unpaired) electrons. The van der Waals surface area contributed by atoms with Gasteiger partial charge in [-0.25, -0.2) is 0 Å². The fourth-order valence-corrected chi connectivity index (χ4v) is 5.88. The Morgan fingerprint density at radius 2 is 1.96 bits per heavy atom. The van der Waals surface area contributed by atoms with Gasteiger partial charge in [-0.2, -0.15) is 0 Å². The highest BCUT2D eigenvalue weighted by Crippen LogP contribution is 2.48. The Kier molecular flexibility index (Phi) is 4.85. The molecule has 0 aromatic heterocycles. The number of hydrogen-bond acceptors (Lipinski definition) is 7. The molecule has 6 unspecified atom stereocenters. The van der Waals surface area contributed by atoms with E-state index >= 15 is 0 Å². The molecular formula is C18H20O5S2. The van der Waals surface area contributed by atoms with Gasteiger partial charge < -0.3 is 19.7 Å². The number of fused-ring (bicyclic) bond motifs is 1. The van der Waals surface area contributed by atoms with Gasteiger partial charge in [0.1, 0.15) is 23.2 Å². The Labute approximate surface area is 154 Å². The summed E-state index contributed by atoms with van der Waals surface area (Å²) < 4.78 is 11.8. The van der Waals surface area contributed by atoms with Gasteiger partial charge >= 0.3 is 0 Å². The van der Waals surface area contributed by atoms with E-state index < -0.39 is 29.9 Å². The van der Waals surface area contributed by atoms with Crippen LogP contribution in [0.2, 0.25) is 0 Å². The molecule has 5 nitrogen and oxygen atoms in total. The monoisotopic (exact) mass is 380 g/mol. The highest BCUT2D eigenvalue weighted by atomic mass is 32.2. The van der Waals surface area contributed by atoms with Gasteiger partial charge in [0, 0.05) is 11.3 Å². The lowest BCUT2D eigenvalue weighted by Gasteiger charge is -2.45. The largest absolute Gasteiger partial charge is 0.465 e. The van der Waals surface area contributed by atoms with Gasteiger partial charge in [-0.15, -0.1) is 23.5 Å². The molecule has 1 aromatic carbocycles. The molecule has 6 atom stereocenters. The number of benzene rings is 1. The van der Waals surface area contributed by atoms with Crippen molar-refractivity contribution in [2.24, 2.45) is 0 Å². The molecule has 1 fully saturated rings. The first-order valence-corrected chi connectivity index (χ1v) is 10.1. The summed E-state index contributed by atoms with van der Waals surface area (Å²) in [5, 5.41) is 20.0. The molecule has 134 valence electrons. The Morgan fingerprint density at radius 1 is 1.20 bits per heavy atom. The van der Waals surface area contributed by atoms with Crippen LogP contribution in [0.1, 0.15) is 19.8 Å². The average Bonchev–Trinajstić information content (AvgIpc) is 2.62. The fraction of sp³-hybridized carbons (Fsp3) is 0.500. The van der Waals surface area contributed by atoms with Crippen molar-refractivity contribution < 1.29 is 24.5 Å². The molecule has 1 saturated heterocycles. The van der Waals surface area contributed by atoms with E-state index in [1.807, 2.05) is 30.3 Å². The first kappa shape index (κ1) is 17.4. The second kappa shape index (κ2) is 6.96. The molecular weight excluding hydrogens is 360 g/mol. The molecule has 2 N–H and O–H groups in total. The van der Waals surface area contributed by atoms with E-state index in [0.717, 1.165) is 11.3 Å². The molecule has 2 heterocycles. The van der Waals surface area contributed by atoms with E-state index in [1.165, 1.54) is 11.8 Å². The maximum absolute atomic E-state index is 12.4. The number of ether oxygens (including phenoxy) is 2. The number of Topliss-reactive ketones (excluding diaryl/α,β-unsaturated/α-hetero) is 1. The van der Waals surface area contributed by atoms with E-state index in [2.05, 4.69) is 0 Å². The maximum atomic E-state index is 12.4. The molecule has 25 heavy (non-hydrogen) atoms. The Morgan fingerprint density at radius 3 is 2.72 bits per heavy atom. The SMILES string of the molecule is CC1OC2OC3=C(SC2C(O)C1O)C(=O)CCC3Sc1ccccc1. The second-order valence-corrected chi connectivity index (χ2v) is 8.93. The molecule has 1 aromatic rings. The van der Waals surface area contributed by atoms with Crippen LogP contribution in [0.3, 0.4) is 0 Å². The molecule has 0 spiro atoms.